The number of methoxy groups -OCH3 is 1. The summed E-state index contributed by atoms with van der Waals surface area (Å²) in [5, 5.41) is 12.3. The van der Waals surface area contributed by atoms with Gasteiger partial charge in [-0.05, 0) is 45.4 Å². The molecule has 1 aliphatic heterocycles. The molecule has 166 valence electrons. The molecule has 1 aromatic carbocycles. The van der Waals surface area contributed by atoms with Crippen LogP contribution in [0.4, 0.5) is 9.59 Å². The van der Waals surface area contributed by atoms with Crippen LogP contribution in [0.25, 0.3) is 0 Å². The van der Waals surface area contributed by atoms with Crippen LogP contribution < -0.4 is 5.32 Å². The predicted octanol–water partition coefficient (Wildman–Crippen LogP) is 4.07. The average Bonchev–Trinajstić information content (AvgIpc) is 2.71. The molecule has 1 atom stereocenters. The van der Waals surface area contributed by atoms with E-state index in [1.165, 1.54) is 7.11 Å². The first-order valence-corrected chi connectivity index (χ1v) is 9.67. The number of hydrogen-bond acceptors (Lipinski definition) is 9. The zero-order valence-electron chi connectivity index (χ0n) is 18.2. The van der Waals surface area contributed by atoms with E-state index < -0.39 is 18.2 Å². The van der Waals surface area contributed by atoms with Crippen LogP contribution >= 0.6 is 0 Å². The Hall–Kier alpha value is -3.51. The summed E-state index contributed by atoms with van der Waals surface area (Å²) in [7, 11) is 1.48. The highest BCUT2D eigenvalue weighted by molar-refractivity contribution is 5.65. The molecule has 0 saturated heterocycles. The van der Waals surface area contributed by atoms with Crippen molar-refractivity contribution >= 4 is 12.3 Å². The summed E-state index contributed by atoms with van der Waals surface area (Å²) in [5.41, 5.74) is 2.05. The minimum absolute atomic E-state index is 0.0165. The predicted molar refractivity (Wildman–Crippen MR) is 109 cm³/mol. The lowest BCUT2D eigenvalue weighted by Gasteiger charge is -2.30. The highest BCUT2D eigenvalue weighted by atomic mass is 16.7. The molecule has 0 radical (unpaired) electrons. The number of hydrogen-bond donors (Lipinski definition) is 1. The van der Waals surface area contributed by atoms with Crippen molar-refractivity contribution in [1.29, 1.82) is 5.26 Å². The number of nitrogens with one attached hydrogen (secondary N) is 1. The Balaban J connectivity index is 2.44. The number of nitrogens with zero attached hydrogens (tertiary/aromatic N) is 1. The second-order valence-corrected chi connectivity index (χ2v) is 6.99. The van der Waals surface area contributed by atoms with Crippen LogP contribution in [-0.4, -0.2) is 38.7 Å². The van der Waals surface area contributed by atoms with Crippen LogP contribution in [0.3, 0.4) is 0 Å². The van der Waals surface area contributed by atoms with E-state index in [9.17, 15) is 14.9 Å². The number of allylic oxidation sites excluding steroid dienone is 2. The Morgan fingerprint density at radius 3 is 2.32 bits per heavy atom. The van der Waals surface area contributed by atoms with Gasteiger partial charge in [-0.2, -0.15) is 5.26 Å². The van der Waals surface area contributed by atoms with Gasteiger partial charge in [0.25, 0.3) is 0 Å². The molecular weight excluding hydrogens is 404 g/mol. The van der Waals surface area contributed by atoms with Crippen molar-refractivity contribution in [2.24, 2.45) is 0 Å². The smallest absolute Gasteiger partial charge is 0.432 e. The van der Waals surface area contributed by atoms with Gasteiger partial charge in [0.1, 0.15) is 24.0 Å². The Morgan fingerprint density at radius 1 is 1.10 bits per heavy atom. The van der Waals surface area contributed by atoms with Gasteiger partial charge in [-0.1, -0.05) is 12.1 Å². The van der Waals surface area contributed by atoms with Crippen LogP contribution in [0, 0.1) is 11.3 Å². The zero-order chi connectivity index (χ0) is 23.0. The quantitative estimate of drug-likeness (QED) is 0.505. The van der Waals surface area contributed by atoms with Gasteiger partial charge in [0, 0.05) is 7.11 Å². The molecule has 1 heterocycles. The van der Waals surface area contributed by atoms with E-state index >= 15 is 0 Å². The van der Waals surface area contributed by atoms with E-state index in [2.05, 4.69) is 11.4 Å². The molecule has 0 saturated carbocycles. The molecule has 0 aromatic heterocycles. The number of carbonyl (C=O) groups excluding carboxylic acids is 2. The van der Waals surface area contributed by atoms with Gasteiger partial charge >= 0.3 is 12.3 Å². The number of dihydropyridines is 1. The molecule has 1 N–H and O–H groups in total. The maximum absolute atomic E-state index is 12.2. The van der Waals surface area contributed by atoms with E-state index in [1.54, 1.807) is 52.0 Å². The van der Waals surface area contributed by atoms with Gasteiger partial charge in [-0.15, -0.1) is 0 Å². The number of benzene rings is 1. The van der Waals surface area contributed by atoms with Crippen LogP contribution in [0.2, 0.25) is 0 Å². The van der Waals surface area contributed by atoms with Gasteiger partial charge in [0.2, 0.25) is 0 Å². The van der Waals surface area contributed by atoms with Gasteiger partial charge < -0.3 is 29.0 Å². The minimum Gasteiger partial charge on any atom is -0.432 e. The molecule has 0 bridgehead atoms. The lowest BCUT2D eigenvalue weighted by molar-refractivity contribution is 0.0405. The summed E-state index contributed by atoms with van der Waals surface area (Å²) in [4.78, 5) is 24.5. The van der Waals surface area contributed by atoms with Gasteiger partial charge in [-0.25, -0.2) is 9.59 Å². The number of ether oxygens (including phenoxy) is 5. The average molecular weight is 430 g/mol. The molecular formula is C22H26N2O7. The third kappa shape index (κ3) is 6.49. The Labute approximate surface area is 181 Å². The summed E-state index contributed by atoms with van der Waals surface area (Å²) in [6, 6.07) is 8.79. The second kappa shape index (κ2) is 11.0. The van der Waals surface area contributed by atoms with Crippen molar-refractivity contribution in [2.45, 2.75) is 39.7 Å². The third-order valence-electron chi connectivity index (χ3n) is 4.21. The SMILES string of the molecule is COCCOC(=O)OC1=C(C)NC(C)=C(OC(=O)OC(C)C)C1c1cccc(C#N)c1. The van der Waals surface area contributed by atoms with Crippen molar-refractivity contribution in [2.75, 3.05) is 20.3 Å². The Bertz CT molecular complexity index is 928. The molecule has 0 amide bonds. The monoisotopic (exact) mass is 430 g/mol. The second-order valence-electron chi connectivity index (χ2n) is 6.99. The molecule has 0 fully saturated rings. The summed E-state index contributed by atoms with van der Waals surface area (Å²) in [6.45, 7) is 7.06. The normalized spacial score (nSPS) is 15.8. The van der Waals surface area contributed by atoms with Crippen LogP contribution in [0.1, 0.15) is 44.7 Å². The van der Waals surface area contributed by atoms with E-state index in [4.69, 9.17) is 23.7 Å². The largest absolute Gasteiger partial charge is 0.513 e. The standard InChI is InChI=1S/C22H26N2O7/c1-13(2)29-22(26)31-20-15(4)24-14(3)19(30-21(25)28-10-9-27-5)18(20)17-8-6-7-16(11-17)12-23/h6-8,11,13,18,24H,9-10H2,1-5H3. The van der Waals surface area contributed by atoms with E-state index in [0.717, 1.165) is 0 Å². The van der Waals surface area contributed by atoms with Crippen molar-refractivity contribution in [1.82, 2.24) is 5.32 Å². The summed E-state index contributed by atoms with van der Waals surface area (Å²) in [6.07, 6.45) is -2.21. The topological polar surface area (TPSA) is 116 Å². The highest BCUT2D eigenvalue weighted by Gasteiger charge is 2.35. The first-order valence-electron chi connectivity index (χ1n) is 9.67. The molecule has 2 rings (SSSR count). The van der Waals surface area contributed by atoms with E-state index in [0.29, 0.717) is 22.5 Å². The molecule has 9 heteroatoms. The fraction of sp³-hybridized carbons (Fsp3) is 0.409. The number of rotatable bonds is 7. The molecule has 31 heavy (non-hydrogen) atoms. The summed E-state index contributed by atoms with van der Waals surface area (Å²) < 4.78 is 26.0. The summed E-state index contributed by atoms with van der Waals surface area (Å²) >= 11 is 0. The number of carbonyl (C=O) groups is 2. The molecule has 0 spiro atoms. The van der Waals surface area contributed by atoms with Gasteiger partial charge in [-0.3, -0.25) is 0 Å². The molecule has 9 nitrogen and oxygen atoms in total. The lowest BCUT2D eigenvalue weighted by atomic mass is 9.89. The van der Waals surface area contributed by atoms with E-state index in [1.807, 2.05) is 0 Å². The van der Waals surface area contributed by atoms with Crippen LogP contribution in [0.5, 0.6) is 0 Å². The maximum atomic E-state index is 12.2. The van der Waals surface area contributed by atoms with Crippen LogP contribution in [0.15, 0.2) is 47.2 Å². The van der Waals surface area contributed by atoms with Crippen molar-refractivity contribution < 1.29 is 33.3 Å². The fourth-order valence-electron chi connectivity index (χ4n) is 2.95. The fourth-order valence-corrected chi connectivity index (χ4v) is 2.95. The Morgan fingerprint density at radius 2 is 1.74 bits per heavy atom. The third-order valence-corrected chi connectivity index (χ3v) is 4.21. The molecule has 0 aliphatic carbocycles. The first kappa shape index (κ1) is 23.8. The molecule has 1 aliphatic rings. The maximum Gasteiger partial charge on any atom is 0.513 e. The molecule has 1 aromatic rings. The number of nitriles is 1. The first-order chi connectivity index (χ1) is 14.8. The Kier molecular flexibility index (Phi) is 8.46. The zero-order valence-corrected chi connectivity index (χ0v) is 18.2. The van der Waals surface area contributed by atoms with Gasteiger partial charge in [0.05, 0.1) is 35.7 Å². The van der Waals surface area contributed by atoms with Gasteiger partial charge in [0.15, 0.2) is 0 Å². The van der Waals surface area contributed by atoms with E-state index in [-0.39, 0.29) is 30.8 Å². The van der Waals surface area contributed by atoms with Crippen molar-refractivity contribution in [3.8, 4) is 6.07 Å². The van der Waals surface area contributed by atoms with Crippen molar-refractivity contribution in [3.63, 3.8) is 0 Å². The lowest BCUT2D eigenvalue weighted by Crippen LogP contribution is -2.29. The van der Waals surface area contributed by atoms with Crippen molar-refractivity contribution in [3.05, 3.63) is 58.3 Å². The van der Waals surface area contributed by atoms with Crippen LogP contribution in [-0.2, 0) is 23.7 Å². The molecule has 1 unspecified atom stereocenters. The highest BCUT2D eigenvalue weighted by Crippen LogP contribution is 2.39. The summed E-state index contributed by atoms with van der Waals surface area (Å²) in [5.74, 6) is -0.425. The minimum atomic E-state index is -0.932.